The maximum absolute atomic E-state index is 12.4. The van der Waals surface area contributed by atoms with Crippen molar-refractivity contribution >= 4 is 28.3 Å². The molecule has 5 heteroatoms. The maximum Gasteiger partial charge on any atom is 0.321 e. The number of anilines is 2. The molecule has 4 rings (SSSR count). The standard InChI is InChI=1S/C20H20N4O/c25-20(22-16-6-2-1-3-7-16)24-14-12-23(13-15-24)19-10-4-9-18-17(19)8-5-11-21-18/h1-11H,12-15H2,(H,22,25). The summed E-state index contributed by atoms with van der Waals surface area (Å²) in [5, 5.41) is 4.11. The first-order valence-corrected chi connectivity index (χ1v) is 8.51. The number of piperazine rings is 1. The Kier molecular flexibility index (Phi) is 4.21. The number of benzene rings is 2. The van der Waals surface area contributed by atoms with E-state index in [9.17, 15) is 4.79 Å². The van der Waals surface area contributed by atoms with Crippen molar-refractivity contribution in [1.82, 2.24) is 9.88 Å². The van der Waals surface area contributed by atoms with Gasteiger partial charge in [-0.2, -0.15) is 0 Å². The molecular formula is C20H20N4O. The van der Waals surface area contributed by atoms with E-state index in [2.05, 4.69) is 27.3 Å². The Labute approximate surface area is 146 Å². The minimum Gasteiger partial charge on any atom is -0.367 e. The van der Waals surface area contributed by atoms with Crippen LogP contribution in [0.3, 0.4) is 0 Å². The van der Waals surface area contributed by atoms with Crippen molar-refractivity contribution in [2.45, 2.75) is 0 Å². The first kappa shape index (κ1) is 15.4. The van der Waals surface area contributed by atoms with Gasteiger partial charge in [-0.1, -0.05) is 24.3 Å². The highest BCUT2D eigenvalue weighted by Crippen LogP contribution is 2.26. The molecule has 0 saturated carbocycles. The molecule has 0 spiro atoms. The fourth-order valence-corrected chi connectivity index (χ4v) is 3.24. The number of carbonyl (C=O) groups excluding carboxylic acids is 1. The zero-order valence-electron chi connectivity index (χ0n) is 13.9. The van der Waals surface area contributed by atoms with E-state index in [4.69, 9.17) is 0 Å². The lowest BCUT2D eigenvalue weighted by Gasteiger charge is -2.36. The van der Waals surface area contributed by atoms with E-state index >= 15 is 0 Å². The molecule has 2 amide bonds. The van der Waals surface area contributed by atoms with Gasteiger partial charge in [0.1, 0.15) is 0 Å². The highest BCUT2D eigenvalue weighted by atomic mass is 16.2. The molecule has 0 radical (unpaired) electrons. The minimum atomic E-state index is -0.0366. The number of hydrogen-bond acceptors (Lipinski definition) is 3. The van der Waals surface area contributed by atoms with E-state index in [1.54, 1.807) is 0 Å². The van der Waals surface area contributed by atoms with Crippen molar-refractivity contribution in [2.75, 3.05) is 36.4 Å². The number of hydrogen-bond donors (Lipinski definition) is 1. The second-order valence-electron chi connectivity index (χ2n) is 6.12. The number of fused-ring (bicyclic) bond motifs is 1. The van der Waals surface area contributed by atoms with Gasteiger partial charge in [-0.15, -0.1) is 0 Å². The Balaban J connectivity index is 1.43. The van der Waals surface area contributed by atoms with Crippen LogP contribution in [0.15, 0.2) is 66.9 Å². The molecule has 0 unspecified atom stereocenters. The van der Waals surface area contributed by atoms with Crippen LogP contribution in [0.2, 0.25) is 0 Å². The molecule has 0 atom stereocenters. The van der Waals surface area contributed by atoms with Crippen molar-refractivity contribution in [3.8, 4) is 0 Å². The number of nitrogens with one attached hydrogen (secondary N) is 1. The van der Waals surface area contributed by atoms with Gasteiger partial charge in [0.2, 0.25) is 0 Å². The molecule has 1 saturated heterocycles. The van der Waals surface area contributed by atoms with Crippen LogP contribution in [0, 0.1) is 0 Å². The van der Waals surface area contributed by atoms with Gasteiger partial charge in [-0.3, -0.25) is 4.98 Å². The maximum atomic E-state index is 12.4. The first-order chi connectivity index (χ1) is 12.3. The molecule has 126 valence electrons. The first-order valence-electron chi connectivity index (χ1n) is 8.51. The fourth-order valence-electron chi connectivity index (χ4n) is 3.24. The van der Waals surface area contributed by atoms with E-state index < -0.39 is 0 Å². The number of nitrogens with zero attached hydrogens (tertiary/aromatic N) is 3. The molecule has 2 aromatic carbocycles. The minimum absolute atomic E-state index is 0.0366. The SMILES string of the molecule is O=C(Nc1ccccc1)N1CCN(c2cccc3ncccc23)CC1. The summed E-state index contributed by atoms with van der Waals surface area (Å²) in [4.78, 5) is 21.0. The van der Waals surface area contributed by atoms with Crippen LogP contribution < -0.4 is 10.2 Å². The van der Waals surface area contributed by atoms with Gasteiger partial charge in [0.15, 0.2) is 0 Å². The van der Waals surface area contributed by atoms with Gasteiger partial charge in [0, 0.05) is 49.1 Å². The molecule has 1 fully saturated rings. The Morgan fingerprint density at radius 3 is 2.48 bits per heavy atom. The molecule has 1 aromatic heterocycles. The van der Waals surface area contributed by atoms with Crippen molar-refractivity contribution in [2.24, 2.45) is 0 Å². The van der Waals surface area contributed by atoms with E-state index in [0.29, 0.717) is 13.1 Å². The number of pyridine rings is 1. The van der Waals surface area contributed by atoms with Gasteiger partial charge >= 0.3 is 6.03 Å². The van der Waals surface area contributed by atoms with E-state index in [1.165, 1.54) is 5.69 Å². The van der Waals surface area contributed by atoms with Crippen molar-refractivity contribution in [3.63, 3.8) is 0 Å². The third-order valence-corrected chi connectivity index (χ3v) is 4.56. The van der Waals surface area contributed by atoms with E-state index in [0.717, 1.165) is 29.7 Å². The molecule has 5 nitrogen and oxygen atoms in total. The molecule has 1 aliphatic heterocycles. The zero-order valence-corrected chi connectivity index (χ0v) is 13.9. The fraction of sp³-hybridized carbons (Fsp3) is 0.200. The van der Waals surface area contributed by atoms with E-state index in [1.807, 2.05) is 59.6 Å². The highest BCUT2D eigenvalue weighted by Gasteiger charge is 2.22. The zero-order chi connectivity index (χ0) is 17.1. The third-order valence-electron chi connectivity index (χ3n) is 4.56. The van der Waals surface area contributed by atoms with Gasteiger partial charge in [-0.05, 0) is 36.4 Å². The summed E-state index contributed by atoms with van der Waals surface area (Å²) in [6.45, 7) is 3.04. The Morgan fingerprint density at radius 1 is 0.880 bits per heavy atom. The largest absolute Gasteiger partial charge is 0.367 e. The van der Waals surface area contributed by atoms with E-state index in [-0.39, 0.29) is 6.03 Å². The lowest BCUT2D eigenvalue weighted by molar-refractivity contribution is 0.208. The van der Waals surface area contributed by atoms with Crippen molar-refractivity contribution in [3.05, 3.63) is 66.9 Å². The number of urea groups is 1. The van der Waals surface area contributed by atoms with Crippen LogP contribution in [-0.2, 0) is 0 Å². The summed E-state index contributed by atoms with van der Waals surface area (Å²) in [5.41, 5.74) is 3.02. The summed E-state index contributed by atoms with van der Waals surface area (Å²) in [5.74, 6) is 0. The Bertz CT molecular complexity index is 868. The number of amides is 2. The monoisotopic (exact) mass is 332 g/mol. The second kappa shape index (κ2) is 6.81. The quantitative estimate of drug-likeness (QED) is 0.780. The lowest BCUT2D eigenvalue weighted by atomic mass is 10.1. The lowest BCUT2D eigenvalue weighted by Crippen LogP contribution is -2.50. The number of para-hydroxylation sites is 1. The predicted octanol–water partition coefficient (Wildman–Crippen LogP) is 3.59. The van der Waals surface area contributed by atoms with Gasteiger partial charge in [-0.25, -0.2) is 4.79 Å². The molecule has 1 aliphatic rings. The Hall–Kier alpha value is -3.08. The summed E-state index contributed by atoms with van der Waals surface area (Å²) >= 11 is 0. The van der Waals surface area contributed by atoms with Gasteiger partial charge < -0.3 is 15.1 Å². The number of carbonyl (C=O) groups is 1. The molecule has 1 N–H and O–H groups in total. The summed E-state index contributed by atoms with van der Waals surface area (Å²) < 4.78 is 0. The van der Waals surface area contributed by atoms with Gasteiger partial charge in [0.25, 0.3) is 0 Å². The van der Waals surface area contributed by atoms with Crippen LogP contribution in [0.1, 0.15) is 0 Å². The predicted molar refractivity (Wildman–Crippen MR) is 101 cm³/mol. The molecule has 0 aliphatic carbocycles. The van der Waals surface area contributed by atoms with Crippen LogP contribution in [0.4, 0.5) is 16.2 Å². The van der Waals surface area contributed by atoms with Crippen LogP contribution in [-0.4, -0.2) is 42.1 Å². The average Bonchev–Trinajstić information content (AvgIpc) is 2.68. The molecule has 3 aromatic rings. The van der Waals surface area contributed by atoms with Crippen LogP contribution in [0.5, 0.6) is 0 Å². The summed E-state index contributed by atoms with van der Waals surface area (Å²) in [6.07, 6.45) is 1.82. The third kappa shape index (κ3) is 3.26. The number of rotatable bonds is 2. The second-order valence-corrected chi connectivity index (χ2v) is 6.12. The molecule has 25 heavy (non-hydrogen) atoms. The van der Waals surface area contributed by atoms with Crippen LogP contribution >= 0.6 is 0 Å². The Morgan fingerprint density at radius 2 is 1.68 bits per heavy atom. The normalized spacial score (nSPS) is 14.6. The molecule has 2 heterocycles. The van der Waals surface area contributed by atoms with Crippen molar-refractivity contribution in [1.29, 1.82) is 0 Å². The van der Waals surface area contributed by atoms with Crippen molar-refractivity contribution < 1.29 is 4.79 Å². The highest BCUT2D eigenvalue weighted by molar-refractivity contribution is 5.92. The average molecular weight is 332 g/mol. The molecular weight excluding hydrogens is 312 g/mol. The number of aromatic nitrogens is 1. The molecule has 0 bridgehead atoms. The smallest absolute Gasteiger partial charge is 0.321 e. The van der Waals surface area contributed by atoms with Gasteiger partial charge in [0.05, 0.1) is 5.52 Å². The topological polar surface area (TPSA) is 48.5 Å². The van der Waals surface area contributed by atoms with Crippen LogP contribution in [0.25, 0.3) is 10.9 Å². The summed E-state index contributed by atoms with van der Waals surface area (Å²) in [7, 11) is 0. The summed E-state index contributed by atoms with van der Waals surface area (Å²) in [6, 6.07) is 19.8.